The van der Waals surface area contributed by atoms with Gasteiger partial charge in [0.15, 0.2) is 0 Å². The number of fused-ring (bicyclic) bond motifs is 1. The average molecular weight is 453 g/mol. The number of rotatable bonds is 6. The number of hydrogen-bond donors (Lipinski definition) is 1. The molecule has 1 aromatic heterocycles. The van der Waals surface area contributed by atoms with Gasteiger partial charge in [-0.1, -0.05) is 71.3 Å². The molecule has 8 nitrogen and oxygen atoms in total. The maximum Gasteiger partial charge on any atom is 0.251 e. The first-order valence-corrected chi connectivity index (χ1v) is 11.0. The number of carbonyl (C=O) groups is 1. The van der Waals surface area contributed by atoms with E-state index in [0.717, 1.165) is 22.4 Å². The molecule has 1 atom stereocenters. The standard InChI is InChI=1S/C26H24N6O2/c1-18-11-13-20(14-12-18)23-16-24(19-7-4-3-5-8-19)32-26(28-29-30-32)31(23)17-25(33)27-21-9-6-10-22(15-21)34-2/h3-16,24H,17H2,1-2H3,(H,27,33)/t24-/m0/s1. The highest BCUT2D eigenvalue weighted by Crippen LogP contribution is 2.36. The number of anilines is 2. The summed E-state index contributed by atoms with van der Waals surface area (Å²) in [6, 6.07) is 25.3. The van der Waals surface area contributed by atoms with Gasteiger partial charge >= 0.3 is 0 Å². The lowest BCUT2D eigenvalue weighted by molar-refractivity contribution is -0.114. The summed E-state index contributed by atoms with van der Waals surface area (Å²) < 4.78 is 7.00. The van der Waals surface area contributed by atoms with E-state index in [-0.39, 0.29) is 18.5 Å². The molecule has 0 bridgehead atoms. The second-order valence-corrected chi connectivity index (χ2v) is 8.06. The van der Waals surface area contributed by atoms with Crippen LogP contribution in [-0.4, -0.2) is 39.8 Å². The van der Waals surface area contributed by atoms with Crippen LogP contribution in [0, 0.1) is 6.92 Å². The summed E-state index contributed by atoms with van der Waals surface area (Å²) in [5, 5.41) is 15.4. The number of amides is 1. The van der Waals surface area contributed by atoms with Crippen molar-refractivity contribution in [2.45, 2.75) is 13.0 Å². The van der Waals surface area contributed by atoms with Crippen LogP contribution in [0.4, 0.5) is 11.6 Å². The molecule has 0 saturated carbocycles. The third-order valence-corrected chi connectivity index (χ3v) is 5.73. The van der Waals surface area contributed by atoms with Gasteiger partial charge in [0.25, 0.3) is 5.95 Å². The summed E-state index contributed by atoms with van der Waals surface area (Å²) in [5.74, 6) is 0.984. The van der Waals surface area contributed by atoms with Crippen LogP contribution in [-0.2, 0) is 4.79 Å². The number of carbonyl (C=O) groups excluding carboxylic acids is 1. The first kappa shape index (κ1) is 21.4. The minimum atomic E-state index is -0.195. The first-order valence-electron chi connectivity index (χ1n) is 11.0. The lowest BCUT2D eigenvalue weighted by Gasteiger charge is -2.32. The predicted octanol–water partition coefficient (Wildman–Crippen LogP) is 4.08. The molecule has 1 aliphatic heterocycles. The van der Waals surface area contributed by atoms with Crippen molar-refractivity contribution in [3.05, 3.63) is 102 Å². The Morgan fingerprint density at radius 3 is 2.59 bits per heavy atom. The van der Waals surface area contributed by atoms with Crippen molar-refractivity contribution in [2.75, 3.05) is 23.9 Å². The fraction of sp³-hybridized carbons (Fsp3) is 0.154. The highest BCUT2D eigenvalue weighted by molar-refractivity contribution is 5.97. The Morgan fingerprint density at radius 2 is 1.82 bits per heavy atom. The normalized spacial score (nSPS) is 14.8. The molecular formula is C26H24N6O2. The molecule has 2 heterocycles. The Balaban J connectivity index is 1.51. The van der Waals surface area contributed by atoms with E-state index in [1.807, 2.05) is 60.4 Å². The molecule has 0 fully saturated rings. The summed E-state index contributed by atoms with van der Waals surface area (Å²) in [6.07, 6.45) is 2.10. The van der Waals surface area contributed by atoms with E-state index in [4.69, 9.17) is 4.74 Å². The number of aryl methyl sites for hydroxylation is 1. The van der Waals surface area contributed by atoms with Crippen molar-refractivity contribution in [1.82, 2.24) is 20.2 Å². The number of ether oxygens (including phenoxy) is 1. The van der Waals surface area contributed by atoms with E-state index in [0.29, 0.717) is 17.4 Å². The van der Waals surface area contributed by atoms with Crippen molar-refractivity contribution < 1.29 is 9.53 Å². The third-order valence-electron chi connectivity index (χ3n) is 5.73. The molecule has 34 heavy (non-hydrogen) atoms. The molecule has 0 saturated heterocycles. The molecule has 3 aromatic carbocycles. The van der Waals surface area contributed by atoms with Crippen LogP contribution in [0.3, 0.4) is 0 Å². The van der Waals surface area contributed by atoms with Crippen LogP contribution in [0.5, 0.6) is 5.75 Å². The number of benzene rings is 3. The largest absolute Gasteiger partial charge is 0.497 e. The molecule has 1 aliphatic rings. The van der Waals surface area contributed by atoms with E-state index in [9.17, 15) is 4.79 Å². The van der Waals surface area contributed by atoms with Gasteiger partial charge in [-0.15, -0.1) is 0 Å². The lowest BCUT2D eigenvalue weighted by Crippen LogP contribution is -2.37. The van der Waals surface area contributed by atoms with Crippen LogP contribution >= 0.6 is 0 Å². The maximum atomic E-state index is 13.1. The van der Waals surface area contributed by atoms with E-state index >= 15 is 0 Å². The van der Waals surface area contributed by atoms with Crippen molar-refractivity contribution in [3.8, 4) is 5.75 Å². The zero-order valence-electron chi connectivity index (χ0n) is 18.9. The van der Waals surface area contributed by atoms with E-state index < -0.39 is 0 Å². The fourth-order valence-corrected chi connectivity index (χ4v) is 4.03. The smallest absolute Gasteiger partial charge is 0.251 e. The van der Waals surface area contributed by atoms with Gasteiger partial charge in [0.05, 0.1) is 12.8 Å². The molecule has 0 aliphatic carbocycles. The molecule has 1 N–H and O–H groups in total. The second-order valence-electron chi connectivity index (χ2n) is 8.06. The predicted molar refractivity (Wildman–Crippen MR) is 131 cm³/mol. The first-order chi connectivity index (χ1) is 16.6. The highest BCUT2D eigenvalue weighted by Gasteiger charge is 2.31. The third kappa shape index (κ3) is 4.25. The molecule has 0 radical (unpaired) electrons. The van der Waals surface area contributed by atoms with Gasteiger partial charge in [-0.3, -0.25) is 9.69 Å². The zero-order valence-corrected chi connectivity index (χ0v) is 18.9. The Labute approximate surface area is 197 Å². The van der Waals surface area contributed by atoms with Gasteiger partial charge in [-0.25, -0.2) is 0 Å². The lowest BCUT2D eigenvalue weighted by atomic mass is 10.00. The van der Waals surface area contributed by atoms with Crippen LogP contribution in [0.1, 0.15) is 22.7 Å². The van der Waals surface area contributed by atoms with Crippen molar-refractivity contribution >= 4 is 23.2 Å². The van der Waals surface area contributed by atoms with Crippen molar-refractivity contribution in [3.63, 3.8) is 0 Å². The Bertz CT molecular complexity index is 1330. The molecule has 0 unspecified atom stereocenters. The summed E-state index contributed by atoms with van der Waals surface area (Å²) in [6.45, 7) is 2.09. The zero-order chi connectivity index (χ0) is 23.5. The molecule has 0 spiro atoms. The Morgan fingerprint density at radius 1 is 1.03 bits per heavy atom. The van der Waals surface area contributed by atoms with Crippen molar-refractivity contribution in [1.29, 1.82) is 0 Å². The molecule has 1 amide bonds. The number of methoxy groups -OCH3 is 1. The number of nitrogens with one attached hydrogen (secondary N) is 1. The number of allylic oxidation sites excluding steroid dienone is 1. The minimum Gasteiger partial charge on any atom is -0.497 e. The molecule has 4 aromatic rings. The number of hydrogen-bond acceptors (Lipinski definition) is 6. The minimum absolute atomic E-state index is 0.0405. The maximum absolute atomic E-state index is 13.1. The van der Waals surface area contributed by atoms with Crippen LogP contribution in [0.15, 0.2) is 84.9 Å². The fourth-order valence-electron chi connectivity index (χ4n) is 4.03. The second kappa shape index (κ2) is 9.19. The van der Waals surface area contributed by atoms with Crippen LogP contribution in [0.2, 0.25) is 0 Å². The number of aromatic nitrogens is 4. The van der Waals surface area contributed by atoms with E-state index in [1.165, 1.54) is 0 Å². The summed E-state index contributed by atoms with van der Waals surface area (Å²) in [7, 11) is 1.59. The van der Waals surface area contributed by atoms with Crippen LogP contribution < -0.4 is 15.0 Å². The molecule has 170 valence electrons. The van der Waals surface area contributed by atoms with Gasteiger partial charge in [0, 0.05) is 11.8 Å². The van der Waals surface area contributed by atoms with Gasteiger partial charge < -0.3 is 10.1 Å². The van der Waals surface area contributed by atoms with Crippen LogP contribution in [0.25, 0.3) is 5.70 Å². The molecular weight excluding hydrogens is 428 g/mol. The van der Waals surface area contributed by atoms with E-state index in [1.54, 1.807) is 17.9 Å². The van der Waals surface area contributed by atoms with E-state index in [2.05, 4.69) is 51.2 Å². The molecule has 8 heteroatoms. The summed E-state index contributed by atoms with van der Waals surface area (Å²) >= 11 is 0. The van der Waals surface area contributed by atoms with Gasteiger partial charge in [-0.05, 0) is 46.7 Å². The van der Waals surface area contributed by atoms with Gasteiger partial charge in [0.2, 0.25) is 5.91 Å². The summed E-state index contributed by atoms with van der Waals surface area (Å²) in [4.78, 5) is 14.9. The Kier molecular flexibility index (Phi) is 5.78. The highest BCUT2D eigenvalue weighted by atomic mass is 16.5. The van der Waals surface area contributed by atoms with Crippen molar-refractivity contribution in [2.24, 2.45) is 0 Å². The average Bonchev–Trinajstić information content (AvgIpc) is 3.36. The summed E-state index contributed by atoms with van der Waals surface area (Å²) in [5.41, 5.74) is 4.73. The Hall–Kier alpha value is -4.46. The number of nitrogens with zero attached hydrogens (tertiary/aromatic N) is 5. The van der Waals surface area contributed by atoms with Gasteiger partial charge in [-0.2, -0.15) is 4.68 Å². The number of tetrazole rings is 1. The van der Waals surface area contributed by atoms with Gasteiger partial charge in [0.1, 0.15) is 18.3 Å². The quantitative estimate of drug-likeness (QED) is 0.475. The SMILES string of the molecule is COc1cccc(NC(=O)CN2C(c3ccc(C)cc3)=C[C@@H](c3ccccc3)n3nnnc32)c1. The topological polar surface area (TPSA) is 85.2 Å². The monoisotopic (exact) mass is 452 g/mol. The molecule has 5 rings (SSSR count).